The Balaban J connectivity index is 0.00000128. The Morgan fingerprint density at radius 3 is 2.94 bits per heavy atom. The summed E-state index contributed by atoms with van der Waals surface area (Å²) in [7, 11) is 0. The molecule has 2 aliphatic heterocycles. The van der Waals surface area contributed by atoms with Crippen molar-refractivity contribution in [3.63, 3.8) is 0 Å². The van der Waals surface area contributed by atoms with Crippen molar-refractivity contribution in [3.8, 4) is 0 Å². The zero-order chi connectivity index (χ0) is 10.7. The first-order valence-electron chi connectivity index (χ1n) is 5.87. The lowest BCUT2D eigenvalue weighted by Crippen LogP contribution is -2.53. The van der Waals surface area contributed by atoms with Gasteiger partial charge in [0.1, 0.15) is 0 Å². The molecule has 4 nitrogen and oxygen atoms in total. The van der Waals surface area contributed by atoms with Crippen LogP contribution in [-0.2, 0) is 9.53 Å². The number of nitrogens with one attached hydrogen (secondary N) is 1. The van der Waals surface area contributed by atoms with E-state index in [1.54, 1.807) is 0 Å². The number of rotatable bonds is 1. The normalized spacial score (nSPS) is 30.7. The number of carbonyl (C=O) groups is 1. The highest BCUT2D eigenvalue weighted by Crippen LogP contribution is 2.17. The quantitative estimate of drug-likeness (QED) is 0.741. The van der Waals surface area contributed by atoms with Crippen molar-refractivity contribution in [1.82, 2.24) is 10.2 Å². The van der Waals surface area contributed by atoms with Gasteiger partial charge in [0.2, 0.25) is 5.91 Å². The molecule has 1 amide bonds. The molecule has 2 saturated heterocycles. The Bertz CT molecular complexity index is 232. The van der Waals surface area contributed by atoms with E-state index in [9.17, 15) is 4.79 Å². The second-order valence-electron chi connectivity index (χ2n) is 4.55. The number of carbonyl (C=O) groups excluding carboxylic acids is 1. The summed E-state index contributed by atoms with van der Waals surface area (Å²) in [6.45, 7) is 6.17. The number of hydrogen-bond acceptors (Lipinski definition) is 3. The highest BCUT2D eigenvalue weighted by atomic mass is 35.5. The van der Waals surface area contributed by atoms with Gasteiger partial charge in [0.05, 0.1) is 12.5 Å². The molecule has 0 spiro atoms. The number of hydrogen-bond donors (Lipinski definition) is 1. The van der Waals surface area contributed by atoms with E-state index in [2.05, 4.69) is 12.2 Å². The SMILES string of the molecule is C[C@H]1CN(C(=O)C2CCCOC2)CCN1.Cl. The van der Waals surface area contributed by atoms with E-state index in [-0.39, 0.29) is 18.3 Å². The minimum Gasteiger partial charge on any atom is -0.381 e. The largest absolute Gasteiger partial charge is 0.381 e. The molecule has 1 unspecified atom stereocenters. The van der Waals surface area contributed by atoms with Crippen molar-refractivity contribution in [1.29, 1.82) is 0 Å². The molecular weight excluding hydrogens is 228 g/mol. The van der Waals surface area contributed by atoms with Gasteiger partial charge in [0.25, 0.3) is 0 Å². The van der Waals surface area contributed by atoms with Gasteiger partial charge in [-0.3, -0.25) is 4.79 Å². The van der Waals surface area contributed by atoms with Gasteiger partial charge in [-0.2, -0.15) is 0 Å². The van der Waals surface area contributed by atoms with Gasteiger partial charge in [0.15, 0.2) is 0 Å². The van der Waals surface area contributed by atoms with E-state index in [1.807, 2.05) is 4.90 Å². The van der Waals surface area contributed by atoms with Crippen molar-refractivity contribution >= 4 is 18.3 Å². The summed E-state index contributed by atoms with van der Waals surface area (Å²) >= 11 is 0. The number of amides is 1. The van der Waals surface area contributed by atoms with Crippen LogP contribution in [0, 0.1) is 5.92 Å². The zero-order valence-corrected chi connectivity index (χ0v) is 10.6. The van der Waals surface area contributed by atoms with E-state index < -0.39 is 0 Å². The van der Waals surface area contributed by atoms with Gasteiger partial charge in [-0.15, -0.1) is 12.4 Å². The van der Waals surface area contributed by atoms with Crippen LogP contribution in [0.3, 0.4) is 0 Å². The summed E-state index contributed by atoms with van der Waals surface area (Å²) in [4.78, 5) is 14.1. The van der Waals surface area contributed by atoms with Crippen LogP contribution in [0.5, 0.6) is 0 Å². The first-order valence-corrected chi connectivity index (χ1v) is 5.87. The number of piperazine rings is 1. The molecule has 94 valence electrons. The van der Waals surface area contributed by atoms with E-state index in [0.717, 1.165) is 39.1 Å². The highest BCUT2D eigenvalue weighted by molar-refractivity contribution is 5.85. The summed E-state index contributed by atoms with van der Waals surface area (Å²) in [5.41, 5.74) is 0. The first-order chi connectivity index (χ1) is 7.27. The van der Waals surface area contributed by atoms with Crippen molar-refractivity contribution in [2.24, 2.45) is 5.92 Å². The zero-order valence-electron chi connectivity index (χ0n) is 9.78. The molecule has 0 saturated carbocycles. The van der Waals surface area contributed by atoms with Crippen LogP contribution in [-0.4, -0.2) is 49.7 Å². The Morgan fingerprint density at radius 2 is 2.31 bits per heavy atom. The molecule has 2 fully saturated rings. The summed E-state index contributed by atoms with van der Waals surface area (Å²) in [5.74, 6) is 0.409. The van der Waals surface area contributed by atoms with Gasteiger partial charge < -0.3 is 15.0 Å². The molecule has 2 heterocycles. The number of nitrogens with zero attached hydrogens (tertiary/aromatic N) is 1. The second kappa shape index (κ2) is 6.42. The van der Waals surface area contributed by atoms with Crippen molar-refractivity contribution in [2.45, 2.75) is 25.8 Å². The lowest BCUT2D eigenvalue weighted by Gasteiger charge is -2.35. The fourth-order valence-electron chi connectivity index (χ4n) is 2.33. The summed E-state index contributed by atoms with van der Waals surface area (Å²) in [6.07, 6.45) is 2.02. The summed E-state index contributed by atoms with van der Waals surface area (Å²) in [6, 6.07) is 0.423. The third-order valence-corrected chi connectivity index (χ3v) is 3.19. The average Bonchev–Trinajstić information content (AvgIpc) is 2.29. The van der Waals surface area contributed by atoms with Gasteiger partial charge in [-0.05, 0) is 19.8 Å². The molecule has 5 heteroatoms. The molecule has 2 atom stereocenters. The van der Waals surface area contributed by atoms with Crippen LogP contribution in [0.1, 0.15) is 19.8 Å². The van der Waals surface area contributed by atoms with Crippen molar-refractivity contribution in [3.05, 3.63) is 0 Å². The second-order valence-corrected chi connectivity index (χ2v) is 4.55. The molecule has 0 aliphatic carbocycles. The van der Waals surface area contributed by atoms with E-state index >= 15 is 0 Å². The van der Waals surface area contributed by atoms with Crippen LogP contribution < -0.4 is 5.32 Å². The standard InChI is InChI=1S/C11H20N2O2.ClH/c1-9-7-13(5-4-12-9)11(14)10-3-2-6-15-8-10;/h9-10,12H,2-8H2,1H3;1H/t9-,10?;/m0./s1. The molecule has 16 heavy (non-hydrogen) atoms. The number of ether oxygens (including phenoxy) is 1. The molecule has 0 bridgehead atoms. The fourth-order valence-corrected chi connectivity index (χ4v) is 2.33. The maximum absolute atomic E-state index is 12.1. The molecular formula is C11H21ClN2O2. The Labute approximate surface area is 103 Å². The van der Waals surface area contributed by atoms with E-state index in [4.69, 9.17) is 4.74 Å². The van der Waals surface area contributed by atoms with Crippen molar-refractivity contribution < 1.29 is 9.53 Å². The number of halogens is 1. The lowest BCUT2D eigenvalue weighted by molar-refractivity contribution is -0.140. The van der Waals surface area contributed by atoms with Crippen LogP contribution in [0.15, 0.2) is 0 Å². The summed E-state index contributed by atoms with van der Waals surface area (Å²) < 4.78 is 5.36. The van der Waals surface area contributed by atoms with Gasteiger partial charge in [0, 0.05) is 32.3 Å². The fraction of sp³-hybridized carbons (Fsp3) is 0.909. The minimum atomic E-state index is 0. The van der Waals surface area contributed by atoms with Crippen molar-refractivity contribution in [2.75, 3.05) is 32.8 Å². The van der Waals surface area contributed by atoms with E-state index in [0.29, 0.717) is 18.6 Å². The predicted octanol–water partition coefficient (Wildman–Crippen LogP) is 0.655. The molecule has 2 aliphatic rings. The molecule has 1 N–H and O–H groups in total. The minimum absolute atomic E-state index is 0. The molecule has 0 aromatic heterocycles. The van der Waals surface area contributed by atoms with Gasteiger partial charge in [-0.1, -0.05) is 0 Å². The molecule has 2 rings (SSSR count). The van der Waals surface area contributed by atoms with Gasteiger partial charge >= 0.3 is 0 Å². The predicted molar refractivity (Wildman–Crippen MR) is 64.8 cm³/mol. The van der Waals surface area contributed by atoms with Crippen LogP contribution in [0.4, 0.5) is 0 Å². The smallest absolute Gasteiger partial charge is 0.228 e. The van der Waals surface area contributed by atoms with E-state index in [1.165, 1.54) is 0 Å². The van der Waals surface area contributed by atoms with Crippen LogP contribution in [0.25, 0.3) is 0 Å². The molecule has 0 radical (unpaired) electrons. The molecule has 0 aromatic carbocycles. The maximum atomic E-state index is 12.1. The topological polar surface area (TPSA) is 41.6 Å². The molecule has 0 aromatic rings. The highest BCUT2D eigenvalue weighted by Gasteiger charge is 2.28. The Morgan fingerprint density at radius 1 is 1.50 bits per heavy atom. The Kier molecular flexibility index (Phi) is 5.52. The summed E-state index contributed by atoms with van der Waals surface area (Å²) in [5, 5.41) is 3.34. The third kappa shape index (κ3) is 3.34. The maximum Gasteiger partial charge on any atom is 0.228 e. The monoisotopic (exact) mass is 248 g/mol. The third-order valence-electron chi connectivity index (χ3n) is 3.19. The first kappa shape index (κ1) is 13.7. The van der Waals surface area contributed by atoms with Crippen LogP contribution in [0.2, 0.25) is 0 Å². The van der Waals surface area contributed by atoms with Crippen LogP contribution >= 0.6 is 12.4 Å². The average molecular weight is 249 g/mol. The van der Waals surface area contributed by atoms with Gasteiger partial charge in [-0.25, -0.2) is 0 Å². The Hall–Kier alpha value is -0.320. The lowest BCUT2D eigenvalue weighted by atomic mass is 10.00.